The second-order valence-corrected chi connectivity index (χ2v) is 6.62. The fraction of sp³-hybridized carbons (Fsp3) is 0.462. The number of rotatable bonds is 5. The molecule has 0 aliphatic heterocycles. The molecule has 1 aromatic rings. The largest absolute Gasteiger partial charge is 0.387 e. The molecule has 0 saturated carbocycles. The highest BCUT2D eigenvalue weighted by Gasteiger charge is 2.22. The Balaban J connectivity index is 2.62. The van der Waals surface area contributed by atoms with E-state index in [2.05, 4.69) is 27.9 Å². The fourth-order valence-electron chi connectivity index (χ4n) is 1.75. The van der Waals surface area contributed by atoms with Gasteiger partial charge in [0.1, 0.15) is 0 Å². The number of benzene rings is 1. The number of hydrogen-bond acceptors (Lipinski definition) is 3. The number of aliphatic hydroxyl groups is 1. The zero-order valence-corrected chi connectivity index (χ0v) is 14.1. The first-order valence-electron chi connectivity index (χ1n) is 5.82. The van der Waals surface area contributed by atoms with E-state index in [1.165, 1.54) is 0 Å². The average Bonchev–Trinajstić information content (AvgIpc) is 2.28. The molecule has 4 nitrogen and oxygen atoms in total. The maximum atomic E-state index is 11.9. The fourth-order valence-corrected chi connectivity index (χ4v) is 2.26. The molecule has 19 heavy (non-hydrogen) atoms. The highest BCUT2D eigenvalue weighted by molar-refractivity contribution is 14.1. The number of carbonyl (C=O) groups excluding carboxylic acids is 1. The zero-order valence-electron chi connectivity index (χ0n) is 11.2. The van der Waals surface area contributed by atoms with Gasteiger partial charge < -0.3 is 15.3 Å². The first-order chi connectivity index (χ1) is 8.71. The molecule has 1 aromatic carbocycles. The first kappa shape index (κ1) is 16.7. The van der Waals surface area contributed by atoms with Crippen LogP contribution >= 0.6 is 34.2 Å². The lowest BCUT2D eigenvalue weighted by Crippen LogP contribution is -2.47. The summed E-state index contributed by atoms with van der Waals surface area (Å²) in [5.41, 5.74) is -0.474. The van der Waals surface area contributed by atoms with Crippen molar-refractivity contribution in [3.8, 4) is 0 Å². The van der Waals surface area contributed by atoms with Crippen LogP contribution in [-0.2, 0) is 0 Å². The lowest BCUT2D eigenvalue weighted by Gasteiger charge is -2.27. The van der Waals surface area contributed by atoms with E-state index in [1.807, 2.05) is 19.0 Å². The van der Waals surface area contributed by atoms with Crippen LogP contribution in [0.2, 0.25) is 5.02 Å². The molecular weight excluding hydrogens is 379 g/mol. The summed E-state index contributed by atoms with van der Waals surface area (Å²) >= 11 is 8.08. The van der Waals surface area contributed by atoms with Gasteiger partial charge in [0, 0.05) is 22.2 Å². The highest BCUT2D eigenvalue weighted by Crippen LogP contribution is 2.19. The molecule has 0 saturated heterocycles. The van der Waals surface area contributed by atoms with Gasteiger partial charge in [-0.05, 0) is 61.8 Å². The third-order valence-corrected chi connectivity index (χ3v) is 4.04. The molecule has 0 spiro atoms. The lowest BCUT2D eigenvalue weighted by molar-refractivity contribution is 0.0326. The molecule has 0 aliphatic carbocycles. The molecule has 0 fully saturated rings. The van der Waals surface area contributed by atoms with Crippen molar-refractivity contribution in [2.75, 3.05) is 27.2 Å². The Morgan fingerprint density at radius 2 is 2.16 bits per heavy atom. The van der Waals surface area contributed by atoms with Crippen molar-refractivity contribution in [3.05, 3.63) is 32.4 Å². The van der Waals surface area contributed by atoms with Gasteiger partial charge in [0.05, 0.1) is 10.6 Å². The van der Waals surface area contributed by atoms with Gasteiger partial charge in [-0.15, -0.1) is 0 Å². The van der Waals surface area contributed by atoms with Crippen LogP contribution in [0.25, 0.3) is 0 Å². The van der Waals surface area contributed by atoms with Crippen LogP contribution in [-0.4, -0.2) is 48.7 Å². The van der Waals surface area contributed by atoms with E-state index >= 15 is 0 Å². The van der Waals surface area contributed by atoms with E-state index in [4.69, 9.17) is 11.6 Å². The van der Waals surface area contributed by atoms with Crippen molar-refractivity contribution < 1.29 is 9.90 Å². The van der Waals surface area contributed by atoms with Crippen molar-refractivity contribution in [3.63, 3.8) is 0 Å². The molecule has 0 heterocycles. The SMILES string of the molecule is CN(C)CC(C)(O)CNC(=O)c1ccc(I)c(Cl)c1. The second kappa shape index (κ2) is 6.88. The van der Waals surface area contributed by atoms with Gasteiger partial charge in [-0.3, -0.25) is 4.79 Å². The number of amides is 1. The van der Waals surface area contributed by atoms with Crippen LogP contribution in [0, 0.1) is 3.57 Å². The first-order valence-corrected chi connectivity index (χ1v) is 7.27. The van der Waals surface area contributed by atoms with Gasteiger partial charge >= 0.3 is 0 Å². The van der Waals surface area contributed by atoms with Crippen LogP contribution < -0.4 is 5.32 Å². The second-order valence-electron chi connectivity index (χ2n) is 5.05. The minimum atomic E-state index is -0.966. The van der Waals surface area contributed by atoms with Gasteiger partial charge in [-0.2, -0.15) is 0 Å². The van der Waals surface area contributed by atoms with Crippen LogP contribution in [0.4, 0.5) is 0 Å². The summed E-state index contributed by atoms with van der Waals surface area (Å²) in [6.45, 7) is 2.35. The monoisotopic (exact) mass is 396 g/mol. The molecule has 0 aromatic heterocycles. The van der Waals surface area contributed by atoms with Crippen LogP contribution in [0.3, 0.4) is 0 Å². The summed E-state index contributed by atoms with van der Waals surface area (Å²) in [5, 5.41) is 13.4. The molecule has 1 amide bonds. The smallest absolute Gasteiger partial charge is 0.251 e. The number of hydrogen-bond donors (Lipinski definition) is 2. The summed E-state index contributed by atoms with van der Waals surface area (Å²) in [6, 6.07) is 5.12. The molecule has 1 rings (SSSR count). The summed E-state index contributed by atoms with van der Waals surface area (Å²) in [5.74, 6) is -0.239. The molecule has 6 heteroatoms. The van der Waals surface area contributed by atoms with Crippen LogP contribution in [0.5, 0.6) is 0 Å². The maximum absolute atomic E-state index is 11.9. The molecule has 1 unspecified atom stereocenters. The minimum Gasteiger partial charge on any atom is -0.387 e. The van der Waals surface area contributed by atoms with Gasteiger partial charge in [0.2, 0.25) is 0 Å². The number of halogens is 2. The Labute approximate surface area is 132 Å². The topological polar surface area (TPSA) is 52.6 Å². The summed E-state index contributed by atoms with van der Waals surface area (Å²) < 4.78 is 0.899. The minimum absolute atomic E-state index is 0.188. The summed E-state index contributed by atoms with van der Waals surface area (Å²) in [7, 11) is 3.74. The number of likely N-dealkylation sites (N-methyl/N-ethyl adjacent to an activating group) is 1. The van der Waals surface area contributed by atoms with Gasteiger partial charge in [0.15, 0.2) is 0 Å². The van der Waals surface area contributed by atoms with E-state index in [0.717, 1.165) is 3.57 Å². The third-order valence-electron chi connectivity index (χ3n) is 2.47. The maximum Gasteiger partial charge on any atom is 0.251 e. The highest BCUT2D eigenvalue weighted by atomic mass is 127. The molecule has 0 aliphatic rings. The van der Waals surface area contributed by atoms with Gasteiger partial charge in [0.25, 0.3) is 5.91 Å². The quantitative estimate of drug-likeness (QED) is 0.749. The molecular formula is C13H18ClIN2O2. The lowest BCUT2D eigenvalue weighted by atomic mass is 10.1. The normalized spacial score (nSPS) is 14.3. The third kappa shape index (κ3) is 5.64. The van der Waals surface area contributed by atoms with Crippen molar-refractivity contribution in [2.45, 2.75) is 12.5 Å². The molecule has 1 atom stereocenters. The summed E-state index contributed by atoms with van der Waals surface area (Å²) in [4.78, 5) is 13.8. The number of carbonyl (C=O) groups is 1. The van der Waals surface area contributed by atoms with Gasteiger partial charge in [-0.25, -0.2) is 0 Å². The van der Waals surface area contributed by atoms with Crippen LogP contribution in [0.15, 0.2) is 18.2 Å². The Morgan fingerprint density at radius 3 is 2.68 bits per heavy atom. The molecule has 0 bridgehead atoms. The molecule has 2 N–H and O–H groups in total. The van der Waals surface area contributed by atoms with Crippen molar-refractivity contribution >= 4 is 40.1 Å². The number of nitrogens with zero attached hydrogens (tertiary/aromatic N) is 1. The van der Waals surface area contributed by atoms with Crippen molar-refractivity contribution in [1.29, 1.82) is 0 Å². The number of nitrogens with one attached hydrogen (secondary N) is 1. The Bertz CT molecular complexity index is 464. The van der Waals surface area contributed by atoms with E-state index in [-0.39, 0.29) is 12.5 Å². The average molecular weight is 397 g/mol. The van der Waals surface area contributed by atoms with Gasteiger partial charge in [-0.1, -0.05) is 11.6 Å². The van der Waals surface area contributed by atoms with E-state index in [1.54, 1.807) is 25.1 Å². The molecule has 0 radical (unpaired) electrons. The zero-order chi connectivity index (χ0) is 14.6. The van der Waals surface area contributed by atoms with E-state index in [0.29, 0.717) is 17.1 Å². The predicted octanol–water partition coefficient (Wildman–Crippen LogP) is 1.99. The summed E-state index contributed by atoms with van der Waals surface area (Å²) in [6.07, 6.45) is 0. The Morgan fingerprint density at radius 1 is 1.53 bits per heavy atom. The van der Waals surface area contributed by atoms with Crippen molar-refractivity contribution in [1.82, 2.24) is 10.2 Å². The van der Waals surface area contributed by atoms with E-state index < -0.39 is 5.60 Å². The van der Waals surface area contributed by atoms with E-state index in [9.17, 15) is 9.90 Å². The Hall–Kier alpha value is -0.370. The Kier molecular flexibility index (Phi) is 6.04. The molecule has 106 valence electrons. The van der Waals surface area contributed by atoms with Crippen LogP contribution in [0.1, 0.15) is 17.3 Å². The van der Waals surface area contributed by atoms with Crippen molar-refractivity contribution in [2.24, 2.45) is 0 Å². The predicted molar refractivity (Wildman–Crippen MR) is 85.7 cm³/mol. The standard InChI is InChI=1S/C13H18ClIN2O2/c1-13(19,8-17(2)3)7-16-12(18)9-4-5-11(15)10(14)6-9/h4-6,19H,7-8H2,1-3H3,(H,16,18).